The number of allylic oxidation sites excluding steroid dienone is 1. The van der Waals surface area contributed by atoms with Crippen molar-refractivity contribution >= 4 is 12.0 Å². The quantitative estimate of drug-likeness (QED) is 0.851. The van der Waals surface area contributed by atoms with Gasteiger partial charge in [-0.25, -0.2) is 4.79 Å². The number of hydrogen-bond donors (Lipinski definition) is 1. The summed E-state index contributed by atoms with van der Waals surface area (Å²) in [4.78, 5) is 11.7. The van der Waals surface area contributed by atoms with Crippen LogP contribution in [0.25, 0.3) is 6.08 Å². The molecule has 2 bridgehead atoms. The standard InChI is InChI=1S/C18H20O3/c1-11-7-15(21-2)6-5-13(11)10-17(18(19)20)16-9-12-3-4-14(16)8-12/h5-7,10,12H,3-4,8-9H2,1-2H3,(H,19,20). The van der Waals surface area contributed by atoms with Crippen molar-refractivity contribution in [2.45, 2.75) is 32.6 Å². The van der Waals surface area contributed by atoms with Crippen LogP contribution in [0.1, 0.15) is 36.8 Å². The van der Waals surface area contributed by atoms with Crippen LogP contribution in [0.2, 0.25) is 0 Å². The van der Waals surface area contributed by atoms with Crippen LogP contribution in [0, 0.1) is 12.8 Å². The van der Waals surface area contributed by atoms with E-state index in [1.807, 2.05) is 31.2 Å². The summed E-state index contributed by atoms with van der Waals surface area (Å²) in [6, 6.07) is 5.73. The Hall–Kier alpha value is -2.03. The summed E-state index contributed by atoms with van der Waals surface area (Å²) in [5, 5.41) is 9.59. The van der Waals surface area contributed by atoms with Crippen LogP contribution >= 0.6 is 0 Å². The number of methoxy groups -OCH3 is 1. The molecule has 0 aliphatic heterocycles. The average molecular weight is 284 g/mol. The van der Waals surface area contributed by atoms with E-state index in [2.05, 4.69) is 0 Å². The first-order valence-electron chi connectivity index (χ1n) is 7.39. The zero-order valence-electron chi connectivity index (χ0n) is 12.5. The number of fused-ring (bicyclic) bond motifs is 2. The number of ether oxygens (including phenoxy) is 1. The average Bonchev–Trinajstić information content (AvgIpc) is 3.08. The predicted molar refractivity (Wildman–Crippen MR) is 82.3 cm³/mol. The molecule has 3 heteroatoms. The molecule has 0 aromatic heterocycles. The van der Waals surface area contributed by atoms with E-state index >= 15 is 0 Å². The molecule has 1 unspecified atom stereocenters. The maximum atomic E-state index is 11.7. The van der Waals surface area contributed by atoms with E-state index in [0.29, 0.717) is 11.5 Å². The molecule has 1 aromatic carbocycles. The number of carbonyl (C=O) groups is 1. The van der Waals surface area contributed by atoms with Crippen molar-refractivity contribution in [3.05, 3.63) is 46.0 Å². The van der Waals surface area contributed by atoms with Crippen molar-refractivity contribution in [3.8, 4) is 5.75 Å². The summed E-state index contributed by atoms with van der Waals surface area (Å²) in [6.45, 7) is 1.98. The first kappa shape index (κ1) is 13.9. The Balaban J connectivity index is 2.00. The molecule has 1 aromatic rings. The van der Waals surface area contributed by atoms with E-state index < -0.39 is 5.97 Å². The Kier molecular flexibility index (Phi) is 3.58. The summed E-state index contributed by atoms with van der Waals surface area (Å²) >= 11 is 0. The second-order valence-corrected chi connectivity index (χ2v) is 5.98. The van der Waals surface area contributed by atoms with E-state index in [9.17, 15) is 9.90 Å². The lowest BCUT2D eigenvalue weighted by Gasteiger charge is -2.13. The molecule has 0 spiro atoms. The number of carboxylic acids is 1. The third-order valence-electron chi connectivity index (χ3n) is 4.64. The molecule has 21 heavy (non-hydrogen) atoms. The lowest BCUT2D eigenvalue weighted by atomic mass is 9.91. The van der Waals surface area contributed by atoms with Gasteiger partial charge >= 0.3 is 5.97 Å². The van der Waals surface area contributed by atoms with Crippen LogP contribution in [-0.2, 0) is 4.79 Å². The third-order valence-corrected chi connectivity index (χ3v) is 4.64. The summed E-state index contributed by atoms with van der Waals surface area (Å²) in [6.07, 6.45) is 6.16. The van der Waals surface area contributed by atoms with Gasteiger partial charge in [0.15, 0.2) is 0 Å². The van der Waals surface area contributed by atoms with Gasteiger partial charge < -0.3 is 9.84 Å². The van der Waals surface area contributed by atoms with Gasteiger partial charge in [0.2, 0.25) is 0 Å². The lowest BCUT2D eigenvalue weighted by Crippen LogP contribution is -2.07. The molecule has 1 N–H and O–H groups in total. The van der Waals surface area contributed by atoms with Crippen LogP contribution in [-0.4, -0.2) is 18.2 Å². The van der Waals surface area contributed by atoms with Crippen molar-refractivity contribution in [2.24, 2.45) is 5.92 Å². The van der Waals surface area contributed by atoms with Crippen molar-refractivity contribution in [1.82, 2.24) is 0 Å². The largest absolute Gasteiger partial charge is 0.497 e. The van der Waals surface area contributed by atoms with Crippen LogP contribution < -0.4 is 4.74 Å². The van der Waals surface area contributed by atoms with Crippen molar-refractivity contribution in [1.29, 1.82) is 0 Å². The van der Waals surface area contributed by atoms with Gasteiger partial charge in [0.05, 0.1) is 12.7 Å². The van der Waals surface area contributed by atoms with Crippen LogP contribution in [0.3, 0.4) is 0 Å². The minimum Gasteiger partial charge on any atom is -0.497 e. The SMILES string of the molecule is COc1ccc(C=C(C(=O)O)C2=C3CCC(C3)C2)c(C)c1. The molecular formula is C18H20O3. The van der Waals surface area contributed by atoms with Crippen molar-refractivity contribution in [2.75, 3.05) is 7.11 Å². The van der Waals surface area contributed by atoms with E-state index in [1.54, 1.807) is 7.11 Å². The molecule has 3 rings (SSSR count). The van der Waals surface area contributed by atoms with Crippen LogP contribution in [0.5, 0.6) is 5.75 Å². The predicted octanol–water partition coefficient (Wildman–Crippen LogP) is 3.97. The molecule has 0 heterocycles. The highest BCUT2D eigenvalue weighted by Gasteiger charge is 2.33. The summed E-state index contributed by atoms with van der Waals surface area (Å²) < 4.78 is 5.20. The van der Waals surface area contributed by atoms with Gasteiger partial charge in [-0.1, -0.05) is 11.6 Å². The first-order chi connectivity index (χ1) is 10.1. The maximum Gasteiger partial charge on any atom is 0.335 e. The molecule has 1 saturated carbocycles. The molecule has 1 atom stereocenters. The number of aryl methyl sites for hydroxylation is 1. The minimum atomic E-state index is -0.819. The monoisotopic (exact) mass is 284 g/mol. The molecule has 0 radical (unpaired) electrons. The molecule has 3 nitrogen and oxygen atoms in total. The fourth-order valence-electron chi connectivity index (χ4n) is 3.48. The Morgan fingerprint density at radius 1 is 1.38 bits per heavy atom. The lowest BCUT2D eigenvalue weighted by molar-refractivity contribution is -0.132. The Morgan fingerprint density at radius 2 is 2.19 bits per heavy atom. The minimum absolute atomic E-state index is 0.473. The Labute approximate surface area is 124 Å². The Morgan fingerprint density at radius 3 is 2.71 bits per heavy atom. The highest BCUT2D eigenvalue weighted by atomic mass is 16.5. The molecule has 0 saturated heterocycles. The van der Waals surface area contributed by atoms with E-state index in [1.165, 1.54) is 12.0 Å². The zero-order chi connectivity index (χ0) is 15.0. The number of carboxylic acid groups (broad SMARTS) is 1. The van der Waals surface area contributed by atoms with Gasteiger partial charge in [-0.2, -0.15) is 0 Å². The Bertz CT molecular complexity index is 652. The summed E-state index contributed by atoms with van der Waals surface area (Å²) in [5.41, 5.74) is 4.89. The number of aliphatic carboxylic acids is 1. The smallest absolute Gasteiger partial charge is 0.335 e. The maximum absolute atomic E-state index is 11.7. The number of rotatable bonds is 4. The number of benzene rings is 1. The van der Waals surface area contributed by atoms with Gasteiger partial charge in [-0.15, -0.1) is 0 Å². The summed E-state index contributed by atoms with van der Waals surface area (Å²) in [5.74, 6) is 0.651. The fraction of sp³-hybridized carbons (Fsp3) is 0.389. The molecular weight excluding hydrogens is 264 g/mol. The second-order valence-electron chi connectivity index (χ2n) is 5.98. The van der Waals surface area contributed by atoms with Crippen molar-refractivity contribution in [3.63, 3.8) is 0 Å². The van der Waals surface area contributed by atoms with Gasteiger partial charge in [-0.3, -0.25) is 0 Å². The molecule has 2 aliphatic rings. The first-order valence-corrected chi connectivity index (χ1v) is 7.39. The van der Waals surface area contributed by atoms with E-state index in [-0.39, 0.29) is 0 Å². The van der Waals surface area contributed by atoms with E-state index in [0.717, 1.165) is 41.7 Å². The molecule has 0 amide bonds. The topological polar surface area (TPSA) is 46.5 Å². The van der Waals surface area contributed by atoms with Gasteiger partial charge in [-0.05, 0) is 73.4 Å². The highest BCUT2D eigenvalue weighted by Crippen LogP contribution is 2.46. The normalized spacial score (nSPS) is 21.0. The van der Waals surface area contributed by atoms with E-state index in [4.69, 9.17) is 4.74 Å². The van der Waals surface area contributed by atoms with Crippen LogP contribution in [0.15, 0.2) is 34.9 Å². The van der Waals surface area contributed by atoms with Crippen LogP contribution in [0.4, 0.5) is 0 Å². The molecule has 2 aliphatic carbocycles. The molecule has 1 fully saturated rings. The van der Waals surface area contributed by atoms with Gasteiger partial charge in [0, 0.05) is 0 Å². The van der Waals surface area contributed by atoms with Gasteiger partial charge in [0.25, 0.3) is 0 Å². The molecule has 110 valence electrons. The number of hydrogen-bond acceptors (Lipinski definition) is 2. The second kappa shape index (κ2) is 5.40. The zero-order valence-corrected chi connectivity index (χ0v) is 12.5. The summed E-state index contributed by atoms with van der Waals surface area (Å²) in [7, 11) is 1.63. The third kappa shape index (κ3) is 2.60. The fourth-order valence-corrected chi connectivity index (χ4v) is 3.48. The highest BCUT2D eigenvalue weighted by molar-refractivity contribution is 5.98. The van der Waals surface area contributed by atoms with Gasteiger partial charge in [0.1, 0.15) is 5.75 Å². The van der Waals surface area contributed by atoms with Crippen molar-refractivity contribution < 1.29 is 14.6 Å².